The summed E-state index contributed by atoms with van der Waals surface area (Å²) in [5, 5.41) is 2.57. The first-order valence-corrected chi connectivity index (χ1v) is 22.7. The summed E-state index contributed by atoms with van der Waals surface area (Å²) < 4.78 is 2.55. The van der Waals surface area contributed by atoms with E-state index in [2.05, 4.69) is 218 Å². The van der Waals surface area contributed by atoms with Gasteiger partial charge in [0.15, 0.2) is 0 Å². The van der Waals surface area contributed by atoms with Gasteiger partial charge in [0.2, 0.25) is 0 Å². The van der Waals surface area contributed by atoms with Crippen molar-refractivity contribution in [3.8, 4) is 27.9 Å². The molecule has 2 heteroatoms. The molecule has 0 spiro atoms. The number of hydrogen-bond donors (Lipinski definition) is 0. The van der Waals surface area contributed by atoms with Gasteiger partial charge in [0.25, 0.3) is 0 Å². The molecular weight excluding hydrogens is 761 g/mol. The van der Waals surface area contributed by atoms with Gasteiger partial charge in [-0.1, -0.05) is 194 Å². The van der Waals surface area contributed by atoms with Crippen molar-refractivity contribution < 1.29 is 0 Å². The van der Waals surface area contributed by atoms with Crippen LogP contribution in [0.1, 0.15) is 78.3 Å². The standard InChI is InChI=1S/C61H50N2/c1-42-31-40-58(62-57(46-22-9-4-10-23-46)29-16-28-51(42)44-19-7-3-8-20-44)47-32-35-50(36-33-47)63-59-30-14-13-27-54(59)56-39-38-55-52-26-12-11-21-45(52)34-37-53(60(55)61(56)63)49-25-15-24-48(41-49)43-17-5-2-6-18-43/h2-15,17-27,29-30,32-33,35-36,38-39,41,53H,16,28,31,34,37,40H2,1H3/b51-42+,57-29-,62-58+. The molecule has 0 saturated carbocycles. The molecule has 2 nitrogen and oxygen atoms in total. The molecule has 0 N–H and O–H groups in total. The summed E-state index contributed by atoms with van der Waals surface area (Å²) in [5.41, 5.74) is 21.8. The van der Waals surface area contributed by atoms with E-state index >= 15 is 0 Å². The van der Waals surface area contributed by atoms with Crippen molar-refractivity contribution in [2.24, 2.45) is 4.99 Å². The van der Waals surface area contributed by atoms with Gasteiger partial charge in [0.1, 0.15) is 0 Å². The maximum atomic E-state index is 5.51. The van der Waals surface area contributed by atoms with E-state index in [9.17, 15) is 0 Å². The second-order valence-electron chi connectivity index (χ2n) is 17.2. The Hall–Kier alpha value is -7.29. The third kappa shape index (κ3) is 7.36. The zero-order valence-electron chi connectivity index (χ0n) is 35.8. The van der Waals surface area contributed by atoms with Crippen molar-refractivity contribution in [2.45, 2.75) is 51.4 Å². The Labute approximate surface area is 371 Å². The summed E-state index contributed by atoms with van der Waals surface area (Å²) in [4.78, 5) is 5.51. The van der Waals surface area contributed by atoms with Crippen LogP contribution in [0.25, 0.3) is 61.0 Å². The maximum Gasteiger partial charge on any atom is 0.0665 e. The molecule has 9 aromatic rings. The Morgan fingerprint density at radius 2 is 1.17 bits per heavy atom. The van der Waals surface area contributed by atoms with Gasteiger partial charge in [-0.25, -0.2) is 0 Å². The van der Waals surface area contributed by atoms with Gasteiger partial charge in [-0.2, -0.15) is 0 Å². The van der Waals surface area contributed by atoms with Crippen molar-refractivity contribution in [3.63, 3.8) is 0 Å². The quantitative estimate of drug-likeness (QED) is 0.159. The molecule has 1 aromatic heterocycles. The first-order chi connectivity index (χ1) is 31.2. The van der Waals surface area contributed by atoms with Gasteiger partial charge >= 0.3 is 0 Å². The zero-order chi connectivity index (χ0) is 42.1. The number of para-hydroxylation sites is 1. The lowest BCUT2D eigenvalue weighted by Crippen LogP contribution is -2.07. The first-order valence-electron chi connectivity index (χ1n) is 22.7. The Morgan fingerprint density at radius 1 is 0.492 bits per heavy atom. The third-order valence-electron chi connectivity index (χ3n) is 13.5. The first kappa shape index (κ1) is 38.6. The maximum absolute atomic E-state index is 5.51. The summed E-state index contributed by atoms with van der Waals surface area (Å²) in [7, 11) is 0. The Kier molecular flexibility index (Phi) is 10.3. The molecule has 8 aromatic carbocycles. The highest BCUT2D eigenvalue weighted by Gasteiger charge is 2.29. The van der Waals surface area contributed by atoms with Crippen molar-refractivity contribution in [1.29, 1.82) is 0 Å². The van der Waals surface area contributed by atoms with Crippen LogP contribution in [0.2, 0.25) is 0 Å². The average Bonchev–Trinajstić information content (AvgIpc) is 3.59. The van der Waals surface area contributed by atoms with Crippen LogP contribution in [-0.4, -0.2) is 10.3 Å². The van der Waals surface area contributed by atoms with Crippen LogP contribution in [-0.2, 0) is 6.42 Å². The fraction of sp³-hybridized carbons (Fsp3) is 0.131. The minimum absolute atomic E-state index is 0.194. The van der Waals surface area contributed by atoms with Crippen LogP contribution in [0.5, 0.6) is 0 Å². The predicted molar refractivity (Wildman–Crippen MR) is 267 cm³/mol. The summed E-state index contributed by atoms with van der Waals surface area (Å²) in [6, 6.07) is 73.9. The summed E-state index contributed by atoms with van der Waals surface area (Å²) >= 11 is 0. The molecule has 11 rings (SSSR count). The van der Waals surface area contributed by atoms with Crippen molar-refractivity contribution in [1.82, 2.24) is 4.57 Å². The van der Waals surface area contributed by atoms with E-state index in [1.807, 2.05) is 0 Å². The number of aryl methyl sites for hydroxylation is 1. The van der Waals surface area contributed by atoms with Crippen LogP contribution >= 0.6 is 0 Å². The third-order valence-corrected chi connectivity index (χ3v) is 13.5. The highest BCUT2D eigenvalue weighted by Crippen LogP contribution is 2.48. The summed E-state index contributed by atoms with van der Waals surface area (Å²) in [6.45, 7) is 2.32. The predicted octanol–water partition coefficient (Wildman–Crippen LogP) is 16.1. The number of allylic oxidation sites excluding steroid dienone is 3. The Balaban J connectivity index is 1.07. The van der Waals surface area contributed by atoms with Crippen molar-refractivity contribution in [3.05, 3.63) is 245 Å². The van der Waals surface area contributed by atoms with Crippen LogP contribution in [0.4, 0.5) is 0 Å². The van der Waals surface area contributed by atoms with Crippen LogP contribution in [0.3, 0.4) is 0 Å². The molecule has 0 fully saturated rings. The van der Waals surface area contributed by atoms with Crippen LogP contribution < -0.4 is 0 Å². The number of fused-ring (bicyclic) bond motifs is 7. The van der Waals surface area contributed by atoms with Gasteiger partial charge in [-0.15, -0.1) is 0 Å². The minimum atomic E-state index is 0.194. The number of aliphatic imine (C=N–C) groups is 1. The van der Waals surface area contributed by atoms with Gasteiger partial charge < -0.3 is 4.57 Å². The van der Waals surface area contributed by atoms with Crippen molar-refractivity contribution >= 4 is 38.8 Å². The molecule has 0 amide bonds. The highest BCUT2D eigenvalue weighted by atomic mass is 15.0. The van der Waals surface area contributed by atoms with E-state index in [-0.39, 0.29) is 5.92 Å². The van der Waals surface area contributed by atoms with Gasteiger partial charge in [0.05, 0.1) is 16.7 Å². The molecule has 0 radical (unpaired) electrons. The number of aromatic nitrogens is 1. The summed E-state index contributed by atoms with van der Waals surface area (Å²) in [6.07, 6.45) is 8.14. The van der Waals surface area contributed by atoms with Crippen LogP contribution in [0.15, 0.2) is 217 Å². The minimum Gasteiger partial charge on any atom is -0.309 e. The van der Waals surface area contributed by atoms with Crippen molar-refractivity contribution in [2.75, 3.05) is 0 Å². The largest absolute Gasteiger partial charge is 0.309 e. The molecule has 0 bridgehead atoms. The SMILES string of the molecule is C/C1=C(\c2ccccc2)CC/C=C(c2ccccc2)\N=C(\c2ccc(-n3c4ccccc4c4ccc5c(c43)C(c3cccc(-c4ccccc4)c3)CCc3ccccc3-5)cc2)CC1. The fourth-order valence-corrected chi connectivity index (χ4v) is 10.4. The molecule has 63 heavy (non-hydrogen) atoms. The lowest BCUT2D eigenvalue weighted by atomic mass is 9.83. The smallest absolute Gasteiger partial charge is 0.0665 e. The van der Waals surface area contributed by atoms with Gasteiger partial charge in [0, 0.05) is 28.1 Å². The lowest BCUT2D eigenvalue weighted by molar-refractivity contribution is 0.728. The number of hydrogen-bond acceptors (Lipinski definition) is 1. The molecule has 304 valence electrons. The molecule has 1 aliphatic heterocycles. The molecule has 1 aliphatic carbocycles. The van der Waals surface area contributed by atoms with E-state index in [1.165, 1.54) is 83.0 Å². The van der Waals surface area contributed by atoms with E-state index < -0.39 is 0 Å². The molecule has 1 unspecified atom stereocenters. The molecule has 0 saturated heterocycles. The van der Waals surface area contributed by atoms with E-state index in [0.717, 1.165) is 61.2 Å². The second kappa shape index (κ2) is 16.9. The number of benzene rings is 8. The number of rotatable bonds is 6. The summed E-state index contributed by atoms with van der Waals surface area (Å²) in [5.74, 6) is 0.194. The Bertz CT molecular complexity index is 3200. The zero-order valence-corrected chi connectivity index (χ0v) is 35.8. The van der Waals surface area contributed by atoms with Gasteiger partial charge in [-0.05, 0) is 125 Å². The lowest BCUT2D eigenvalue weighted by Gasteiger charge is -2.23. The normalized spacial score (nSPS) is 18.4. The average molecular weight is 811 g/mol. The molecule has 2 heterocycles. The molecule has 2 aliphatic rings. The monoisotopic (exact) mass is 810 g/mol. The second-order valence-corrected chi connectivity index (χ2v) is 17.2. The fourth-order valence-electron chi connectivity index (χ4n) is 10.4. The topological polar surface area (TPSA) is 17.3 Å². The van der Waals surface area contributed by atoms with E-state index in [1.54, 1.807) is 0 Å². The highest BCUT2D eigenvalue weighted by molar-refractivity contribution is 6.12. The number of nitrogens with zero attached hydrogens (tertiary/aromatic N) is 2. The van der Waals surface area contributed by atoms with Gasteiger partial charge in [-0.3, -0.25) is 4.99 Å². The van der Waals surface area contributed by atoms with E-state index in [4.69, 9.17) is 4.99 Å². The van der Waals surface area contributed by atoms with Crippen LogP contribution in [0, 0.1) is 0 Å². The molecule has 1 atom stereocenters. The van der Waals surface area contributed by atoms with E-state index in [0.29, 0.717) is 0 Å². The Morgan fingerprint density at radius 3 is 1.97 bits per heavy atom. The molecular formula is C61H50N2.